The summed E-state index contributed by atoms with van der Waals surface area (Å²) in [5, 5.41) is 0. The molecule has 0 bridgehead atoms. The van der Waals surface area contributed by atoms with Crippen LogP contribution in [0.4, 0.5) is 0 Å². The zero-order valence-electron chi connectivity index (χ0n) is 13.9. The second-order valence-corrected chi connectivity index (χ2v) is 7.43. The van der Waals surface area contributed by atoms with E-state index >= 15 is 0 Å². The average molecular weight is 355 g/mol. The van der Waals surface area contributed by atoms with Crippen LogP contribution in [0.1, 0.15) is 37.6 Å². The summed E-state index contributed by atoms with van der Waals surface area (Å²) in [5.74, 6) is -1.33. The van der Waals surface area contributed by atoms with Crippen LogP contribution in [0.25, 0.3) is 0 Å². The van der Waals surface area contributed by atoms with Crippen LogP contribution in [-0.4, -0.2) is 50.0 Å². The summed E-state index contributed by atoms with van der Waals surface area (Å²) in [6, 6.07) is 5.62. The summed E-state index contributed by atoms with van der Waals surface area (Å²) in [4.78, 5) is 23.8. The SMILES string of the molecule is CCN(CC)S(=O)(=O)c1cccc(C(=O)O[C@H]2C[C@H](C)OC2=O)c1. The highest BCUT2D eigenvalue weighted by atomic mass is 32.2. The Balaban J connectivity index is 2.21. The first-order valence-corrected chi connectivity index (χ1v) is 9.25. The Labute approximate surface area is 141 Å². The number of benzene rings is 1. The van der Waals surface area contributed by atoms with E-state index in [1.165, 1.54) is 28.6 Å². The number of rotatable bonds is 6. The molecule has 0 radical (unpaired) electrons. The van der Waals surface area contributed by atoms with Gasteiger partial charge in [-0.05, 0) is 25.1 Å². The van der Waals surface area contributed by atoms with Gasteiger partial charge in [0.2, 0.25) is 16.1 Å². The molecule has 1 aromatic carbocycles. The largest absolute Gasteiger partial charge is 0.460 e. The van der Waals surface area contributed by atoms with Crippen molar-refractivity contribution in [2.75, 3.05) is 13.1 Å². The third kappa shape index (κ3) is 3.76. The van der Waals surface area contributed by atoms with Gasteiger partial charge in [-0.15, -0.1) is 0 Å². The maximum atomic E-state index is 12.5. The highest BCUT2D eigenvalue weighted by Crippen LogP contribution is 2.21. The van der Waals surface area contributed by atoms with Gasteiger partial charge in [-0.1, -0.05) is 19.9 Å². The molecule has 1 fully saturated rings. The standard InChI is InChI=1S/C16H21NO6S/c1-4-17(5-2)24(20,21)13-8-6-7-12(10-13)15(18)23-14-9-11(3)22-16(14)19/h6-8,10-11,14H,4-5,9H2,1-3H3/t11-,14-/m0/s1. The molecule has 1 aliphatic rings. The Morgan fingerprint density at radius 2 is 2.00 bits per heavy atom. The number of hydrogen-bond donors (Lipinski definition) is 0. The molecular weight excluding hydrogens is 334 g/mol. The summed E-state index contributed by atoms with van der Waals surface area (Å²) in [5.41, 5.74) is 0.0792. The molecule has 8 heteroatoms. The van der Waals surface area contributed by atoms with Gasteiger partial charge in [0, 0.05) is 19.5 Å². The summed E-state index contributed by atoms with van der Waals surface area (Å²) < 4.78 is 36.4. The molecule has 0 aliphatic carbocycles. The number of ether oxygens (including phenoxy) is 2. The highest BCUT2D eigenvalue weighted by molar-refractivity contribution is 7.89. The van der Waals surface area contributed by atoms with Gasteiger partial charge in [-0.2, -0.15) is 4.31 Å². The minimum Gasteiger partial charge on any atom is -0.460 e. The summed E-state index contributed by atoms with van der Waals surface area (Å²) in [6.07, 6.45) is -0.956. The van der Waals surface area contributed by atoms with E-state index in [1.54, 1.807) is 20.8 Å². The molecule has 0 amide bonds. The number of esters is 2. The summed E-state index contributed by atoms with van der Waals surface area (Å²) in [6.45, 7) is 5.86. The fourth-order valence-corrected chi connectivity index (χ4v) is 4.01. The van der Waals surface area contributed by atoms with E-state index in [1.807, 2.05) is 0 Å². The van der Waals surface area contributed by atoms with Crippen LogP contribution in [0.15, 0.2) is 29.2 Å². The van der Waals surface area contributed by atoms with Gasteiger partial charge in [-0.3, -0.25) is 0 Å². The number of nitrogens with zero attached hydrogens (tertiary/aromatic N) is 1. The third-order valence-electron chi connectivity index (χ3n) is 3.79. The number of carbonyl (C=O) groups excluding carboxylic acids is 2. The molecule has 24 heavy (non-hydrogen) atoms. The zero-order chi connectivity index (χ0) is 17.9. The topological polar surface area (TPSA) is 90.0 Å². The van der Waals surface area contributed by atoms with Crippen molar-refractivity contribution in [3.05, 3.63) is 29.8 Å². The predicted molar refractivity (Wildman–Crippen MR) is 85.9 cm³/mol. The van der Waals surface area contributed by atoms with E-state index in [9.17, 15) is 18.0 Å². The third-order valence-corrected chi connectivity index (χ3v) is 5.83. The molecule has 2 rings (SSSR count). The van der Waals surface area contributed by atoms with Crippen LogP contribution >= 0.6 is 0 Å². The van der Waals surface area contributed by atoms with Gasteiger partial charge in [0.15, 0.2) is 0 Å². The Bertz CT molecular complexity index is 726. The molecular formula is C16H21NO6S. The molecule has 0 spiro atoms. The van der Waals surface area contributed by atoms with Crippen molar-refractivity contribution >= 4 is 22.0 Å². The Kier molecular flexibility index (Phi) is 5.61. The van der Waals surface area contributed by atoms with Crippen LogP contribution in [0, 0.1) is 0 Å². The van der Waals surface area contributed by atoms with Crippen LogP contribution < -0.4 is 0 Å². The second kappa shape index (κ2) is 7.31. The molecule has 0 saturated carbocycles. The molecule has 1 aliphatic heterocycles. The smallest absolute Gasteiger partial charge is 0.347 e. The van der Waals surface area contributed by atoms with E-state index in [2.05, 4.69) is 0 Å². The Morgan fingerprint density at radius 3 is 2.54 bits per heavy atom. The van der Waals surface area contributed by atoms with E-state index in [4.69, 9.17) is 9.47 Å². The van der Waals surface area contributed by atoms with E-state index in [-0.39, 0.29) is 16.6 Å². The Morgan fingerprint density at radius 1 is 1.33 bits per heavy atom. The van der Waals surface area contributed by atoms with Gasteiger partial charge in [0.05, 0.1) is 10.5 Å². The lowest BCUT2D eigenvalue weighted by Crippen LogP contribution is -2.30. The number of hydrogen-bond acceptors (Lipinski definition) is 6. The van der Waals surface area contributed by atoms with E-state index < -0.39 is 28.1 Å². The lowest BCUT2D eigenvalue weighted by atomic mass is 10.2. The molecule has 1 heterocycles. The van der Waals surface area contributed by atoms with Crippen LogP contribution in [-0.2, 0) is 24.3 Å². The van der Waals surface area contributed by atoms with Gasteiger partial charge in [0.25, 0.3) is 0 Å². The molecule has 7 nitrogen and oxygen atoms in total. The first kappa shape index (κ1) is 18.4. The molecule has 132 valence electrons. The van der Waals surface area contributed by atoms with Gasteiger partial charge < -0.3 is 9.47 Å². The molecule has 0 unspecified atom stereocenters. The molecule has 2 atom stereocenters. The molecule has 0 N–H and O–H groups in total. The lowest BCUT2D eigenvalue weighted by Gasteiger charge is -2.18. The van der Waals surface area contributed by atoms with Gasteiger partial charge in [-0.25, -0.2) is 18.0 Å². The maximum Gasteiger partial charge on any atom is 0.347 e. The minimum atomic E-state index is -3.67. The number of sulfonamides is 1. The van der Waals surface area contributed by atoms with Crippen molar-refractivity contribution in [2.45, 2.75) is 44.3 Å². The van der Waals surface area contributed by atoms with Crippen LogP contribution in [0.2, 0.25) is 0 Å². The highest BCUT2D eigenvalue weighted by Gasteiger charge is 2.35. The maximum absolute atomic E-state index is 12.5. The first-order valence-electron chi connectivity index (χ1n) is 7.81. The molecule has 1 saturated heterocycles. The van der Waals surface area contributed by atoms with E-state index in [0.29, 0.717) is 19.5 Å². The minimum absolute atomic E-state index is 0.0167. The normalized spacial score (nSPS) is 20.9. The average Bonchev–Trinajstić information content (AvgIpc) is 2.86. The van der Waals surface area contributed by atoms with Crippen molar-refractivity contribution in [2.24, 2.45) is 0 Å². The van der Waals surface area contributed by atoms with Crippen molar-refractivity contribution < 1.29 is 27.5 Å². The fraction of sp³-hybridized carbons (Fsp3) is 0.500. The Hall–Kier alpha value is -1.93. The fourth-order valence-electron chi connectivity index (χ4n) is 2.51. The van der Waals surface area contributed by atoms with Crippen molar-refractivity contribution in [1.82, 2.24) is 4.31 Å². The lowest BCUT2D eigenvalue weighted by molar-refractivity contribution is -0.147. The van der Waals surface area contributed by atoms with Crippen LogP contribution in [0.3, 0.4) is 0 Å². The van der Waals surface area contributed by atoms with Gasteiger partial charge in [0.1, 0.15) is 6.10 Å². The second-order valence-electron chi connectivity index (χ2n) is 5.49. The van der Waals surface area contributed by atoms with Crippen molar-refractivity contribution in [3.63, 3.8) is 0 Å². The molecule has 0 aromatic heterocycles. The monoisotopic (exact) mass is 355 g/mol. The van der Waals surface area contributed by atoms with Crippen LogP contribution in [0.5, 0.6) is 0 Å². The summed E-state index contributed by atoms with van der Waals surface area (Å²) >= 11 is 0. The molecule has 1 aromatic rings. The number of carbonyl (C=O) groups is 2. The zero-order valence-corrected chi connectivity index (χ0v) is 14.7. The van der Waals surface area contributed by atoms with E-state index in [0.717, 1.165) is 0 Å². The number of cyclic esters (lactones) is 1. The summed E-state index contributed by atoms with van der Waals surface area (Å²) in [7, 11) is -3.67. The van der Waals surface area contributed by atoms with Crippen molar-refractivity contribution in [3.8, 4) is 0 Å². The van der Waals surface area contributed by atoms with Crippen molar-refractivity contribution in [1.29, 1.82) is 0 Å². The predicted octanol–water partition coefficient (Wildman–Crippen LogP) is 1.58. The van der Waals surface area contributed by atoms with Gasteiger partial charge >= 0.3 is 11.9 Å². The quantitative estimate of drug-likeness (QED) is 0.720. The first-order chi connectivity index (χ1) is 11.3.